The van der Waals surface area contributed by atoms with Crippen LogP contribution in [-0.2, 0) is 4.79 Å². The maximum atomic E-state index is 12.6. The molecule has 7 nitrogen and oxygen atoms in total. The van der Waals surface area contributed by atoms with Gasteiger partial charge in [0.2, 0.25) is 11.7 Å². The van der Waals surface area contributed by atoms with Gasteiger partial charge in [0, 0.05) is 11.1 Å². The van der Waals surface area contributed by atoms with E-state index in [1.165, 1.54) is 11.8 Å². The zero-order valence-corrected chi connectivity index (χ0v) is 19.0. The van der Waals surface area contributed by atoms with Crippen molar-refractivity contribution < 1.29 is 9.21 Å². The topological polar surface area (TPSA) is 96.7 Å². The fourth-order valence-corrected chi connectivity index (χ4v) is 4.30. The molecule has 0 aliphatic carbocycles. The number of nitrogens with one attached hydrogen (secondary N) is 1. The number of nitriles is 1. The Bertz CT molecular complexity index is 1500. The van der Waals surface area contributed by atoms with E-state index in [1.54, 1.807) is 24.3 Å². The first-order chi connectivity index (χ1) is 16.6. The van der Waals surface area contributed by atoms with E-state index in [1.807, 2.05) is 66.1 Å². The summed E-state index contributed by atoms with van der Waals surface area (Å²) < 4.78 is 7.93. The molecule has 0 radical (unpaired) electrons. The average Bonchev–Trinajstić information content (AvgIpc) is 3.48. The third-order valence-electron chi connectivity index (χ3n) is 5.23. The van der Waals surface area contributed by atoms with Crippen LogP contribution in [0.5, 0.6) is 0 Å². The van der Waals surface area contributed by atoms with Gasteiger partial charge in [-0.25, -0.2) is 0 Å². The number of furan rings is 1. The predicted octanol–water partition coefficient (Wildman–Crippen LogP) is 5.59. The van der Waals surface area contributed by atoms with Gasteiger partial charge in [0.15, 0.2) is 10.9 Å². The van der Waals surface area contributed by atoms with Gasteiger partial charge in [-0.2, -0.15) is 5.26 Å². The molecule has 5 aromatic rings. The zero-order valence-electron chi connectivity index (χ0n) is 18.2. The monoisotopic (exact) mass is 465 g/mol. The summed E-state index contributed by atoms with van der Waals surface area (Å²) in [5.41, 5.74) is 3.66. The Kier molecular flexibility index (Phi) is 5.85. The molecule has 1 amide bonds. The van der Waals surface area contributed by atoms with E-state index in [2.05, 4.69) is 21.6 Å². The highest BCUT2D eigenvalue weighted by Gasteiger charge is 2.20. The molecule has 5 rings (SSSR count). The molecule has 8 heteroatoms. The molecule has 0 atom stereocenters. The molecule has 0 bridgehead atoms. The van der Waals surface area contributed by atoms with Crippen molar-refractivity contribution in [3.8, 4) is 23.3 Å². The van der Waals surface area contributed by atoms with Crippen LogP contribution < -0.4 is 5.32 Å². The van der Waals surface area contributed by atoms with E-state index < -0.39 is 0 Å². The van der Waals surface area contributed by atoms with Crippen LogP contribution in [0.3, 0.4) is 0 Å². The van der Waals surface area contributed by atoms with Crippen LogP contribution in [0.25, 0.3) is 28.2 Å². The highest BCUT2D eigenvalue weighted by atomic mass is 32.2. The van der Waals surface area contributed by atoms with Gasteiger partial charge in [0.05, 0.1) is 17.0 Å². The third-order valence-corrected chi connectivity index (χ3v) is 6.15. The van der Waals surface area contributed by atoms with Gasteiger partial charge in [-0.3, -0.25) is 9.36 Å². The van der Waals surface area contributed by atoms with Gasteiger partial charge in [-0.1, -0.05) is 59.8 Å². The first-order valence-corrected chi connectivity index (χ1v) is 11.5. The fourth-order valence-electron chi connectivity index (χ4n) is 3.55. The summed E-state index contributed by atoms with van der Waals surface area (Å²) in [6.45, 7) is 2.02. The molecule has 1 N–H and O–H groups in total. The minimum atomic E-state index is -0.239. The summed E-state index contributed by atoms with van der Waals surface area (Å²) in [5.74, 6) is 1.01. The zero-order chi connectivity index (χ0) is 23.5. The number of amides is 1. The number of carbonyl (C=O) groups excluding carboxylic acids is 1. The quantitative estimate of drug-likeness (QED) is 0.328. The predicted molar refractivity (Wildman–Crippen MR) is 132 cm³/mol. The van der Waals surface area contributed by atoms with Crippen LogP contribution in [0.4, 0.5) is 5.69 Å². The second-order valence-electron chi connectivity index (χ2n) is 7.62. The van der Waals surface area contributed by atoms with E-state index in [4.69, 9.17) is 4.42 Å². The summed E-state index contributed by atoms with van der Waals surface area (Å²) >= 11 is 1.26. The van der Waals surface area contributed by atoms with Crippen LogP contribution in [0.1, 0.15) is 11.1 Å². The molecular formula is C26H19N5O2S. The number of thioether (sulfide) groups is 1. The SMILES string of the molecule is Cc1ccc(-n2c(SCC(=O)Nc3ccccc3C#N)nnc2-c2cc3ccccc3o2)cc1. The van der Waals surface area contributed by atoms with Crippen molar-refractivity contribution in [1.82, 2.24) is 14.8 Å². The lowest BCUT2D eigenvalue weighted by atomic mass is 10.2. The van der Waals surface area contributed by atoms with Crippen molar-refractivity contribution >= 4 is 34.3 Å². The number of nitrogens with zero attached hydrogens (tertiary/aromatic N) is 4. The van der Waals surface area contributed by atoms with Gasteiger partial charge < -0.3 is 9.73 Å². The Morgan fingerprint density at radius 1 is 1.06 bits per heavy atom. The summed E-state index contributed by atoms with van der Waals surface area (Å²) in [6, 6.07) is 26.7. The average molecular weight is 466 g/mol. The Labute approximate surface area is 200 Å². The maximum Gasteiger partial charge on any atom is 0.234 e. The second-order valence-corrected chi connectivity index (χ2v) is 8.56. The number of fused-ring (bicyclic) bond motifs is 1. The molecule has 166 valence electrons. The number of hydrogen-bond acceptors (Lipinski definition) is 6. The van der Waals surface area contributed by atoms with Gasteiger partial charge in [-0.15, -0.1) is 10.2 Å². The number of hydrogen-bond donors (Lipinski definition) is 1. The molecule has 0 unspecified atom stereocenters. The standard InChI is InChI=1S/C26H19N5O2S/c1-17-10-12-20(13-11-17)31-25(23-14-18-6-3-5-9-22(18)33-23)29-30-26(31)34-16-24(32)28-21-8-4-2-7-19(21)15-27/h2-14H,16H2,1H3,(H,28,32). The van der Waals surface area contributed by atoms with Crippen molar-refractivity contribution in [2.75, 3.05) is 11.1 Å². The van der Waals surface area contributed by atoms with E-state index in [0.717, 1.165) is 22.2 Å². The molecule has 0 aliphatic heterocycles. The van der Waals surface area contributed by atoms with E-state index >= 15 is 0 Å². The Balaban J connectivity index is 1.45. The summed E-state index contributed by atoms with van der Waals surface area (Å²) in [7, 11) is 0. The van der Waals surface area contributed by atoms with Crippen LogP contribution in [-0.4, -0.2) is 26.4 Å². The second kappa shape index (κ2) is 9.25. The third kappa shape index (κ3) is 4.29. The lowest BCUT2D eigenvalue weighted by molar-refractivity contribution is -0.113. The largest absolute Gasteiger partial charge is 0.453 e. The Morgan fingerprint density at radius 2 is 1.82 bits per heavy atom. The highest BCUT2D eigenvalue weighted by molar-refractivity contribution is 7.99. The molecule has 0 saturated carbocycles. The fraction of sp³-hybridized carbons (Fsp3) is 0.0769. The van der Waals surface area contributed by atoms with Gasteiger partial charge in [0.25, 0.3) is 0 Å². The first-order valence-electron chi connectivity index (χ1n) is 10.6. The molecule has 3 aromatic carbocycles. The lowest BCUT2D eigenvalue weighted by Crippen LogP contribution is -2.15. The Hall–Kier alpha value is -4.35. The van der Waals surface area contributed by atoms with Gasteiger partial charge in [-0.05, 0) is 43.3 Å². The van der Waals surface area contributed by atoms with Crippen LogP contribution in [0.15, 0.2) is 88.4 Å². The van der Waals surface area contributed by atoms with E-state index in [0.29, 0.717) is 28.0 Å². The van der Waals surface area contributed by atoms with Crippen molar-refractivity contribution in [3.05, 3.63) is 90.0 Å². The molecule has 0 saturated heterocycles. The van der Waals surface area contributed by atoms with E-state index in [-0.39, 0.29) is 11.7 Å². The van der Waals surface area contributed by atoms with Crippen LogP contribution >= 0.6 is 11.8 Å². The highest BCUT2D eigenvalue weighted by Crippen LogP contribution is 2.32. The minimum Gasteiger partial charge on any atom is -0.453 e. The smallest absolute Gasteiger partial charge is 0.234 e. The Morgan fingerprint density at radius 3 is 2.62 bits per heavy atom. The van der Waals surface area contributed by atoms with Crippen LogP contribution in [0, 0.1) is 18.3 Å². The number of anilines is 1. The van der Waals surface area contributed by atoms with Crippen molar-refractivity contribution in [1.29, 1.82) is 5.26 Å². The summed E-state index contributed by atoms with van der Waals surface area (Å²) in [4.78, 5) is 12.6. The van der Waals surface area contributed by atoms with Crippen LogP contribution in [0.2, 0.25) is 0 Å². The van der Waals surface area contributed by atoms with Gasteiger partial charge in [0.1, 0.15) is 11.7 Å². The summed E-state index contributed by atoms with van der Waals surface area (Å²) in [5, 5.41) is 22.3. The lowest BCUT2D eigenvalue weighted by Gasteiger charge is -2.10. The maximum absolute atomic E-state index is 12.6. The number of para-hydroxylation sites is 2. The van der Waals surface area contributed by atoms with E-state index in [9.17, 15) is 10.1 Å². The number of rotatable bonds is 6. The summed E-state index contributed by atoms with van der Waals surface area (Å²) in [6.07, 6.45) is 0. The first kappa shape index (κ1) is 21.5. The number of benzene rings is 3. The normalized spacial score (nSPS) is 10.8. The molecule has 0 fully saturated rings. The molecule has 2 heterocycles. The number of carbonyl (C=O) groups is 1. The van der Waals surface area contributed by atoms with Crippen molar-refractivity contribution in [3.63, 3.8) is 0 Å². The number of aromatic nitrogens is 3. The minimum absolute atomic E-state index is 0.101. The molecule has 0 spiro atoms. The molecule has 0 aliphatic rings. The molecule has 34 heavy (non-hydrogen) atoms. The molecule has 2 aromatic heterocycles. The number of aryl methyl sites for hydroxylation is 1. The van der Waals surface area contributed by atoms with Crippen molar-refractivity contribution in [2.45, 2.75) is 12.1 Å². The molecular weight excluding hydrogens is 446 g/mol. The van der Waals surface area contributed by atoms with Crippen molar-refractivity contribution in [2.24, 2.45) is 0 Å². The van der Waals surface area contributed by atoms with Gasteiger partial charge >= 0.3 is 0 Å².